The van der Waals surface area contributed by atoms with E-state index in [-0.39, 0.29) is 5.69 Å². The third-order valence-corrected chi connectivity index (χ3v) is 4.19. The van der Waals surface area contributed by atoms with Gasteiger partial charge in [0.25, 0.3) is 0 Å². The summed E-state index contributed by atoms with van der Waals surface area (Å²) in [7, 11) is 0. The van der Waals surface area contributed by atoms with E-state index in [9.17, 15) is 9.90 Å². The Hall–Kier alpha value is -2.08. The summed E-state index contributed by atoms with van der Waals surface area (Å²) in [5.74, 6) is 1.47. The third-order valence-electron chi connectivity index (χ3n) is 4.19. The molecule has 6 nitrogen and oxygen atoms in total. The summed E-state index contributed by atoms with van der Waals surface area (Å²) in [5.41, 5.74) is 2.58. The molecule has 3 aromatic rings. The molecule has 1 aromatic carbocycles. The zero-order chi connectivity index (χ0) is 16.6. The first-order valence-corrected chi connectivity index (χ1v) is 8.13. The molecule has 0 aliphatic rings. The molecule has 0 amide bonds. The Balaban J connectivity index is 1.69. The number of benzene rings is 1. The molecular weight excluding hydrogens is 292 g/mol. The second kappa shape index (κ2) is 5.85. The van der Waals surface area contributed by atoms with Crippen LogP contribution >= 0.6 is 0 Å². The quantitative estimate of drug-likeness (QED) is 0.563. The average Bonchev–Trinajstić information content (AvgIpc) is 2.94. The maximum absolute atomic E-state index is 11.3. The van der Waals surface area contributed by atoms with E-state index in [0.29, 0.717) is 5.92 Å². The fraction of sp³-hybridized carbons (Fsp3) is 0.529. The Kier molecular flexibility index (Phi) is 4.02. The highest BCUT2D eigenvalue weighted by Gasteiger charge is 2.14. The number of H-pyrrole nitrogens is 3. The van der Waals surface area contributed by atoms with Crippen molar-refractivity contribution in [1.29, 1.82) is 0 Å². The van der Waals surface area contributed by atoms with Crippen molar-refractivity contribution >= 4 is 22.1 Å². The summed E-state index contributed by atoms with van der Waals surface area (Å²) in [4.78, 5) is 24.8. The van der Waals surface area contributed by atoms with Gasteiger partial charge in [0, 0.05) is 6.42 Å². The van der Waals surface area contributed by atoms with Gasteiger partial charge in [0.05, 0.1) is 27.7 Å². The van der Waals surface area contributed by atoms with Crippen LogP contribution in [0.5, 0.6) is 0 Å². The fourth-order valence-electron chi connectivity index (χ4n) is 3.00. The number of aliphatic hydroxyl groups is 1. The van der Waals surface area contributed by atoms with Crippen molar-refractivity contribution in [3.8, 4) is 0 Å². The smallest absolute Gasteiger partial charge is 0.323 e. The van der Waals surface area contributed by atoms with Crippen molar-refractivity contribution in [3.05, 3.63) is 28.4 Å². The van der Waals surface area contributed by atoms with Gasteiger partial charge in [0.15, 0.2) is 0 Å². The second-order valence-corrected chi connectivity index (χ2v) is 7.19. The van der Waals surface area contributed by atoms with E-state index < -0.39 is 5.60 Å². The molecule has 3 rings (SSSR count). The maximum Gasteiger partial charge on any atom is 0.323 e. The molecule has 0 fully saturated rings. The van der Waals surface area contributed by atoms with Gasteiger partial charge in [-0.25, -0.2) is 9.78 Å². The van der Waals surface area contributed by atoms with Crippen LogP contribution < -0.4 is 5.69 Å². The van der Waals surface area contributed by atoms with Crippen molar-refractivity contribution in [1.82, 2.24) is 19.9 Å². The van der Waals surface area contributed by atoms with Crippen molar-refractivity contribution in [2.75, 3.05) is 0 Å². The topological polar surface area (TPSA) is 97.6 Å². The van der Waals surface area contributed by atoms with Gasteiger partial charge in [-0.2, -0.15) is 0 Å². The van der Waals surface area contributed by atoms with Crippen LogP contribution in [0.2, 0.25) is 0 Å². The zero-order valence-corrected chi connectivity index (χ0v) is 13.9. The largest absolute Gasteiger partial charge is 0.390 e. The standard InChI is InChI=1S/C17H24N4O2/c1-10(5-4-6-17(2,3)23)7-15-18-11-8-13-14(9-12(11)19-15)21-16(22)20-13/h8-10,23H,4-7H2,1-3H3,(H,18,19)(H2,20,21,22). The van der Waals surface area contributed by atoms with Gasteiger partial charge in [-0.1, -0.05) is 19.8 Å². The van der Waals surface area contributed by atoms with E-state index >= 15 is 0 Å². The maximum atomic E-state index is 11.3. The Morgan fingerprint density at radius 3 is 2.57 bits per heavy atom. The summed E-state index contributed by atoms with van der Waals surface area (Å²) < 4.78 is 0. The molecule has 0 aliphatic carbocycles. The molecule has 0 spiro atoms. The Morgan fingerprint density at radius 1 is 1.17 bits per heavy atom. The lowest BCUT2D eigenvalue weighted by Crippen LogP contribution is -2.18. The molecule has 0 bridgehead atoms. The first-order chi connectivity index (χ1) is 10.8. The molecule has 0 saturated heterocycles. The molecule has 0 aliphatic heterocycles. The normalized spacial score (nSPS) is 13.9. The first-order valence-electron chi connectivity index (χ1n) is 8.13. The van der Waals surface area contributed by atoms with E-state index in [1.54, 1.807) is 0 Å². The van der Waals surface area contributed by atoms with Crippen LogP contribution in [0, 0.1) is 5.92 Å². The zero-order valence-electron chi connectivity index (χ0n) is 13.9. The minimum atomic E-state index is -0.586. The molecule has 2 heterocycles. The van der Waals surface area contributed by atoms with Gasteiger partial charge in [0.2, 0.25) is 0 Å². The fourth-order valence-corrected chi connectivity index (χ4v) is 3.00. The van der Waals surface area contributed by atoms with Crippen LogP contribution in [-0.2, 0) is 6.42 Å². The minimum absolute atomic E-state index is 0.201. The van der Waals surface area contributed by atoms with E-state index in [4.69, 9.17) is 0 Å². The van der Waals surface area contributed by atoms with Crippen LogP contribution in [0.3, 0.4) is 0 Å². The van der Waals surface area contributed by atoms with Gasteiger partial charge in [-0.15, -0.1) is 0 Å². The average molecular weight is 316 g/mol. The summed E-state index contributed by atoms with van der Waals surface area (Å²) in [6.45, 7) is 5.91. The molecule has 1 atom stereocenters. The van der Waals surface area contributed by atoms with Crippen molar-refractivity contribution in [2.24, 2.45) is 5.92 Å². The van der Waals surface area contributed by atoms with Crippen LogP contribution in [-0.4, -0.2) is 30.6 Å². The summed E-state index contributed by atoms with van der Waals surface area (Å²) in [6.07, 6.45) is 3.77. The van der Waals surface area contributed by atoms with Gasteiger partial charge in [-0.3, -0.25) is 0 Å². The first kappa shape index (κ1) is 15.8. The molecule has 2 aromatic heterocycles. The monoisotopic (exact) mass is 316 g/mol. The SMILES string of the molecule is CC(CCCC(C)(C)O)Cc1nc2cc3[nH]c(=O)[nH]c3cc2[nH]1. The van der Waals surface area contributed by atoms with Crippen molar-refractivity contribution in [2.45, 2.75) is 52.1 Å². The highest BCUT2D eigenvalue weighted by atomic mass is 16.3. The lowest BCUT2D eigenvalue weighted by molar-refractivity contribution is 0.0670. The number of aromatic nitrogens is 4. The van der Waals surface area contributed by atoms with Crippen LogP contribution in [0.4, 0.5) is 0 Å². The number of fused-ring (bicyclic) bond motifs is 2. The summed E-state index contributed by atoms with van der Waals surface area (Å²) in [6, 6.07) is 3.81. The second-order valence-electron chi connectivity index (χ2n) is 7.19. The minimum Gasteiger partial charge on any atom is -0.390 e. The number of nitrogens with zero attached hydrogens (tertiary/aromatic N) is 1. The third kappa shape index (κ3) is 3.82. The van der Waals surface area contributed by atoms with Gasteiger partial charge >= 0.3 is 5.69 Å². The summed E-state index contributed by atoms with van der Waals surface area (Å²) >= 11 is 0. The van der Waals surface area contributed by atoms with E-state index in [0.717, 1.165) is 53.6 Å². The molecule has 23 heavy (non-hydrogen) atoms. The highest BCUT2D eigenvalue weighted by molar-refractivity contribution is 5.91. The predicted molar refractivity (Wildman–Crippen MR) is 91.6 cm³/mol. The Labute approximate surface area is 134 Å². The van der Waals surface area contributed by atoms with Crippen LogP contribution in [0.15, 0.2) is 16.9 Å². The van der Waals surface area contributed by atoms with Crippen LogP contribution in [0.25, 0.3) is 22.1 Å². The lowest BCUT2D eigenvalue weighted by Gasteiger charge is -2.18. The molecule has 6 heteroatoms. The number of hydrogen-bond donors (Lipinski definition) is 4. The molecule has 1 unspecified atom stereocenters. The molecule has 4 N–H and O–H groups in total. The molecular formula is C17H24N4O2. The van der Waals surface area contributed by atoms with E-state index in [2.05, 4.69) is 26.9 Å². The predicted octanol–water partition coefficient (Wildman–Crippen LogP) is 2.85. The van der Waals surface area contributed by atoms with E-state index in [1.165, 1.54) is 0 Å². The number of imidazole rings is 2. The highest BCUT2D eigenvalue weighted by Crippen LogP contribution is 2.21. The van der Waals surface area contributed by atoms with Crippen molar-refractivity contribution in [3.63, 3.8) is 0 Å². The molecule has 124 valence electrons. The molecule has 0 radical (unpaired) electrons. The number of hydrogen-bond acceptors (Lipinski definition) is 3. The van der Waals surface area contributed by atoms with Gasteiger partial charge in [0.1, 0.15) is 5.82 Å². The lowest BCUT2D eigenvalue weighted by atomic mass is 9.95. The van der Waals surface area contributed by atoms with E-state index in [1.807, 2.05) is 26.0 Å². The van der Waals surface area contributed by atoms with Gasteiger partial charge in [-0.05, 0) is 38.3 Å². The number of nitrogens with one attached hydrogen (secondary N) is 3. The van der Waals surface area contributed by atoms with Crippen molar-refractivity contribution < 1.29 is 5.11 Å². The molecule has 0 saturated carbocycles. The van der Waals surface area contributed by atoms with Crippen LogP contribution in [0.1, 0.15) is 45.9 Å². The number of aromatic amines is 3. The summed E-state index contributed by atoms with van der Waals surface area (Å²) in [5, 5.41) is 9.76. The Morgan fingerprint density at radius 2 is 1.87 bits per heavy atom. The Bertz CT molecular complexity index is 812. The van der Waals surface area contributed by atoms with Gasteiger partial charge < -0.3 is 20.1 Å². The number of rotatable bonds is 6.